The number of nitrogens with zero attached hydrogens (tertiary/aromatic N) is 1. The van der Waals surface area contributed by atoms with Gasteiger partial charge in [0.1, 0.15) is 11.9 Å². The minimum atomic E-state index is -0.610. The van der Waals surface area contributed by atoms with Gasteiger partial charge >= 0.3 is 0 Å². The van der Waals surface area contributed by atoms with Crippen LogP contribution in [0.4, 0.5) is 4.39 Å². The van der Waals surface area contributed by atoms with Crippen LogP contribution in [0.25, 0.3) is 0 Å². The van der Waals surface area contributed by atoms with Gasteiger partial charge in [-0.15, -0.1) is 11.8 Å². The second kappa shape index (κ2) is 10.1. The van der Waals surface area contributed by atoms with Crippen molar-refractivity contribution in [3.63, 3.8) is 0 Å². The van der Waals surface area contributed by atoms with Gasteiger partial charge in [0.15, 0.2) is 0 Å². The summed E-state index contributed by atoms with van der Waals surface area (Å²) in [5.41, 5.74) is 1.94. The van der Waals surface area contributed by atoms with Crippen LogP contribution in [0.15, 0.2) is 53.4 Å². The predicted octanol–water partition coefficient (Wildman–Crippen LogP) is 3.78. The first-order valence-electron chi connectivity index (χ1n) is 8.91. The minimum absolute atomic E-state index is 0.136. The number of likely N-dealkylation sites (N-methyl/N-ethyl adjacent to an activating group) is 1. The molecule has 0 saturated heterocycles. The molecule has 0 aliphatic heterocycles. The fraction of sp³-hybridized carbons (Fsp3) is 0.333. The number of thioether (sulfide) groups is 1. The van der Waals surface area contributed by atoms with Crippen molar-refractivity contribution < 1.29 is 14.0 Å². The third kappa shape index (κ3) is 6.40. The Balaban J connectivity index is 2.11. The number of aryl methyl sites for hydroxylation is 1. The Morgan fingerprint density at radius 1 is 1.11 bits per heavy atom. The Labute approximate surface area is 164 Å². The third-order valence-electron chi connectivity index (χ3n) is 4.17. The van der Waals surface area contributed by atoms with Crippen LogP contribution in [0.3, 0.4) is 0 Å². The molecule has 2 amide bonds. The Kier molecular flexibility index (Phi) is 7.85. The predicted molar refractivity (Wildman–Crippen MR) is 107 cm³/mol. The second-order valence-corrected chi connectivity index (χ2v) is 7.37. The zero-order valence-corrected chi connectivity index (χ0v) is 16.7. The van der Waals surface area contributed by atoms with E-state index in [0.717, 1.165) is 16.0 Å². The normalized spacial score (nSPS) is 11.7. The Morgan fingerprint density at radius 3 is 2.33 bits per heavy atom. The van der Waals surface area contributed by atoms with Crippen LogP contribution in [-0.4, -0.2) is 35.1 Å². The summed E-state index contributed by atoms with van der Waals surface area (Å²) in [4.78, 5) is 27.7. The molecule has 27 heavy (non-hydrogen) atoms. The highest BCUT2D eigenvalue weighted by Crippen LogP contribution is 2.20. The largest absolute Gasteiger partial charge is 0.355 e. The van der Waals surface area contributed by atoms with Gasteiger partial charge in [0.25, 0.3) is 0 Å². The maximum atomic E-state index is 13.2. The standard InChI is InChI=1S/C21H25FN2O2S/c1-4-23-21(26)16(3)24(13-17-7-9-18(22)10-8-17)20(25)14-27-19-11-5-15(2)6-12-19/h5-12,16H,4,13-14H2,1-3H3,(H,23,26)/t16-/m1/s1. The van der Waals surface area contributed by atoms with Crippen molar-refractivity contribution in [2.75, 3.05) is 12.3 Å². The van der Waals surface area contributed by atoms with Gasteiger partial charge in [0, 0.05) is 18.0 Å². The lowest BCUT2D eigenvalue weighted by atomic mass is 10.1. The van der Waals surface area contributed by atoms with Crippen LogP contribution in [0.1, 0.15) is 25.0 Å². The summed E-state index contributed by atoms with van der Waals surface area (Å²) in [6, 6.07) is 13.3. The highest BCUT2D eigenvalue weighted by molar-refractivity contribution is 8.00. The molecule has 144 valence electrons. The van der Waals surface area contributed by atoms with E-state index in [1.165, 1.54) is 23.9 Å². The monoisotopic (exact) mass is 388 g/mol. The van der Waals surface area contributed by atoms with E-state index in [4.69, 9.17) is 0 Å². The van der Waals surface area contributed by atoms with Gasteiger partial charge < -0.3 is 10.2 Å². The van der Waals surface area contributed by atoms with Crippen LogP contribution < -0.4 is 5.32 Å². The SMILES string of the molecule is CCNC(=O)[C@@H](C)N(Cc1ccc(F)cc1)C(=O)CSc1ccc(C)cc1. The van der Waals surface area contributed by atoms with Crippen molar-refractivity contribution in [2.24, 2.45) is 0 Å². The fourth-order valence-electron chi connectivity index (χ4n) is 2.55. The first-order chi connectivity index (χ1) is 12.9. The van der Waals surface area contributed by atoms with E-state index in [-0.39, 0.29) is 29.9 Å². The number of halogens is 1. The summed E-state index contributed by atoms with van der Waals surface area (Å²) in [6.07, 6.45) is 0. The number of benzene rings is 2. The quantitative estimate of drug-likeness (QED) is 0.700. The molecule has 6 heteroatoms. The molecule has 0 heterocycles. The molecule has 1 N–H and O–H groups in total. The van der Waals surface area contributed by atoms with Crippen molar-refractivity contribution >= 4 is 23.6 Å². The van der Waals surface area contributed by atoms with E-state index < -0.39 is 6.04 Å². The molecule has 0 aromatic heterocycles. The molecule has 2 rings (SSSR count). The van der Waals surface area contributed by atoms with Crippen LogP contribution in [-0.2, 0) is 16.1 Å². The summed E-state index contributed by atoms with van der Waals surface area (Å²) in [7, 11) is 0. The van der Waals surface area contributed by atoms with Gasteiger partial charge in [-0.25, -0.2) is 4.39 Å². The fourth-order valence-corrected chi connectivity index (χ4v) is 3.34. The van der Waals surface area contributed by atoms with E-state index in [0.29, 0.717) is 6.54 Å². The average Bonchev–Trinajstić information content (AvgIpc) is 2.66. The zero-order chi connectivity index (χ0) is 19.8. The van der Waals surface area contributed by atoms with E-state index >= 15 is 0 Å². The molecule has 2 aromatic rings. The van der Waals surface area contributed by atoms with E-state index in [2.05, 4.69) is 5.32 Å². The van der Waals surface area contributed by atoms with Crippen molar-refractivity contribution in [3.8, 4) is 0 Å². The molecular weight excluding hydrogens is 363 g/mol. The molecule has 0 bridgehead atoms. The molecule has 0 spiro atoms. The summed E-state index contributed by atoms with van der Waals surface area (Å²) in [5.74, 6) is -0.436. The van der Waals surface area contributed by atoms with Crippen molar-refractivity contribution in [3.05, 3.63) is 65.5 Å². The van der Waals surface area contributed by atoms with Gasteiger partial charge in [-0.1, -0.05) is 29.8 Å². The minimum Gasteiger partial charge on any atom is -0.355 e. The number of carbonyl (C=O) groups is 2. The van der Waals surface area contributed by atoms with E-state index in [9.17, 15) is 14.0 Å². The van der Waals surface area contributed by atoms with Crippen molar-refractivity contribution in [1.29, 1.82) is 0 Å². The lowest BCUT2D eigenvalue weighted by molar-refractivity contribution is -0.138. The molecule has 0 aliphatic rings. The molecule has 0 saturated carbocycles. The molecule has 0 radical (unpaired) electrons. The summed E-state index contributed by atoms with van der Waals surface area (Å²) in [5, 5.41) is 2.76. The summed E-state index contributed by atoms with van der Waals surface area (Å²) >= 11 is 1.44. The number of rotatable bonds is 8. The van der Waals surface area contributed by atoms with Gasteiger partial charge in [0.2, 0.25) is 11.8 Å². The maximum absolute atomic E-state index is 13.2. The number of nitrogens with one attached hydrogen (secondary N) is 1. The van der Waals surface area contributed by atoms with Crippen molar-refractivity contribution in [2.45, 2.75) is 38.3 Å². The van der Waals surface area contributed by atoms with Gasteiger partial charge in [-0.05, 0) is 50.6 Å². The van der Waals surface area contributed by atoms with Crippen LogP contribution in [0.5, 0.6) is 0 Å². The third-order valence-corrected chi connectivity index (χ3v) is 5.16. The van der Waals surface area contributed by atoms with E-state index in [1.807, 2.05) is 38.1 Å². The van der Waals surface area contributed by atoms with Gasteiger partial charge in [-0.2, -0.15) is 0 Å². The smallest absolute Gasteiger partial charge is 0.242 e. The zero-order valence-electron chi connectivity index (χ0n) is 15.9. The molecule has 2 aromatic carbocycles. The number of hydrogen-bond acceptors (Lipinski definition) is 3. The summed E-state index contributed by atoms with van der Waals surface area (Å²) in [6.45, 7) is 6.32. The second-order valence-electron chi connectivity index (χ2n) is 6.32. The lowest BCUT2D eigenvalue weighted by Crippen LogP contribution is -2.48. The first kappa shape index (κ1) is 21.0. The van der Waals surface area contributed by atoms with Crippen LogP contribution in [0.2, 0.25) is 0 Å². The van der Waals surface area contributed by atoms with Crippen LogP contribution >= 0.6 is 11.8 Å². The van der Waals surface area contributed by atoms with Crippen molar-refractivity contribution in [1.82, 2.24) is 10.2 Å². The highest BCUT2D eigenvalue weighted by atomic mass is 32.2. The summed E-state index contributed by atoms with van der Waals surface area (Å²) < 4.78 is 13.2. The van der Waals surface area contributed by atoms with Gasteiger partial charge in [0.05, 0.1) is 5.75 Å². The Bertz CT molecular complexity index is 763. The van der Waals surface area contributed by atoms with Crippen LogP contribution in [0, 0.1) is 12.7 Å². The van der Waals surface area contributed by atoms with E-state index in [1.54, 1.807) is 24.0 Å². The number of amides is 2. The maximum Gasteiger partial charge on any atom is 0.242 e. The molecule has 0 aliphatic carbocycles. The molecule has 0 fully saturated rings. The average molecular weight is 389 g/mol. The van der Waals surface area contributed by atoms with Gasteiger partial charge in [-0.3, -0.25) is 9.59 Å². The molecule has 4 nitrogen and oxygen atoms in total. The number of hydrogen-bond donors (Lipinski definition) is 1. The number of carbonyl (C=O) groups excluding carboxylic acids is 2. The highest BCUT2D eigenvalue weighted by Gasteiger charge is 2.25. The molecular formula is C21H25FN2O2S. The Hall–Kier alpha value is -2.34. The first-order valence-corrected chi connectivity index (χ1v) is 9.90. The molecule has 1 atom stereocenters. The molecule has 0 unspecified atom stereocenters. The topological polar surface area (TPSA) is 49.4 Å². The lowest BCUT2D eigenvalue weighted by Gasteiger charge is -2.28. The Morgan fingerprint density at radius 2 is 1.74 bits per heavy atom.